The molecule has 0 bridgehead atoms. The number of hydrogen-bond donors (Lipinski definition) is 1. The minimum Gasteiger partial charge on any atom is -0.476 e. The van der Waals surface area contributed by atoms with Crippen LogP contribution in [0.2, 0.25) is 0 Å². The highest BCUT2D eigenvalue weighted by Crippen LogP contribution is 2.23. The van der Waals surface area contributed by atoms with Crippen LogP contribution in [-0.4, -0.2) is 22.4 Å². The highest BCUT2D eigenvalue weighted by molar-refractivity contribution is 5.91. The second-order valence-electron chi connectivity index (χ2n) is 5.20. The number of nitrogens with one attached hydrogen (secondary N) is 1. The van der Waals surface area contributed by atoms with Crippen molar-refractivity contribution in [1.82, 2.24) is 4.98 Å². The SMILES string of the molecule is CC(C)c1ccc(NC(=O)COc2cccnc2[N+](=O)[O-])cc1. The quantitative estimate of drug-likeness (QED) is 0.653. The van der Waals surface area contributed by atoms with Crippen LogP contribution in [0.1, 0.15) is 25.3 Å². The fraction of sp³-hybridized carbons (Fsp3) is 0.250. The van der Waals surface area contributed by atoms with E-state index in [1.165, 1.54) is 23.9 Å². The topological polar surface area (TPSA) is 94.4 Å². The molecule has 0 atom stereocenters. The number of carbonyl (C=O) groups excluding carboxylic acids is 1. The first kappa shape index (κ1) is 16.4. The smallest absolute Gasteiger partial charge is 0.406 e. The molecule has 0 spiro atoms. The Kier molecular flexibility index (Phi) is 5.24. The summed E-state index contributed by atoms with van der Waals surface area (Å²) in [4.78, 5) is 25.6. The van der Waals surface area contributed by atoms with E-state index in [1.807, 2.05) is 12.1 Å². The molecular formula is C16H17N3O4. The number of ether oxygens (including phenoxy) is 1. The number of benzene rings is 1. The molecule has 0 aliphatic rings. The molecule has 2 rings (SSSR count). The second kappa shape index (κ2) is 7.35. The van der Waals surface area contributed by atoms with Crippen molar-refractivity contribution in [1.29, 1.82) is 0 Å². The van der Waals surface area contributed by atoms with Crippen molar-refractivity contribution in [2.45, 2.75) is 19.8 Å². The first-order valence-electron chi connectivity index (χ1n) is 7.09. The summed E-state index contributed by atoms with van der Waals surface area (Å²) in [6, 6.07) is 10.4. The number of aromatic nitrogens is 1. The molecule has 0 saturated carbocycles. The van der Waals surface area contributed by atoms with Gasteiger partial charge in [0, 0.05) is 5.69 Å². The van der Waals surface area contributed by atoms with Gasteiger partial charge >= 0.3 is 5.82 Å². The average Bonchev–Trinajstić information content (AvgIpc) is 2.53. The van der Waals surface area contributed by atoms with Crippen molar-refractivity contribution in [3.8, 4) is 5.75 Å². The number of carbonyl (C=O) groups is 1. The van der Waals surface area contributed by atoms with Gasteiger partial charge in [-0.1, -0.05) is 26.0 Å². The Morgan fingerprint density at radius 1 is 1.30 bits per heavy atom. The monoisotopic (exact) mass is 315 g/mol. The zero-order chi connectivity index (χ0) is 16.8. The number of rotatable bonds is 6. The normalized spacial score (nSPS) is 10.4. The van der Waals surface area contributed by atoms with Crippen LogP contribution in [0, 0.1) is 10.1 Å². The van der Waals surface area contributed by atoms with Crippen LogP contribution in [0.3, 0.4) is 0 Å². The van der Waals surface area contributed by atoms with E-state index in [2.05, 4.69) is 24.1 Å². The molecule has 23 heavy (non-hydrogen) atoms. The number of hydrogen-bond acceptors (Lipinski definition) is 5. The van der Waals surface area contributed by atoms with Crippen molar-refractivity contribution >= 4 is 17.4 Å². The molecule has 7 heteroatoms. The Morgan fingerprint density at radius 3 is 2.61 bits per heavy atom. The predicted molar refractivity (Wildman–Crippen MR) is 85.5 cm³/mol. The maximum atomic E-state index is 11.9. The molecule has 1 aromatic heterocycles. The molecule has 1 amide bonds. The summed E-state index contributed by atoms with van der Waals surface area (Å²) >= 11 is 0. The van der Waals surface area contributed by atoms with Crippen molar-refractivity contribution in [3.63, 3.8) is 0 Å². The number of pyridine rings is 1. The van der Waals surface area contributed by atoms with E-state index in [0.29, 0.717) is 11.6 Å². The van der Waals surface area contributed by atoms with Gasteiger partial charge in [-0.2, -0.15) is 0 Å². The average molecular weight is 315 g/mol. The summed E-state index contributed by atoms with van der Waals surface area (Å²) in [7, 11) is 0. The van der Waals surface area contributed by atoms with E-state index in [0.717, 1.165) is 0 Å². The number of anilines is 1. The minimum atomic E-state index is -0.655. The Morgan fingerprint density at radius 2 is 2.00 bits per heavy atom. The van der Waals surface area contributed by atoms with Gasteiger partial charge in [-0.15, -0.1) is 0 Å². The molecule has 0 radical (unpaired) electrons. The lowest BCUT2D eigenvalue weighted by Gasteiger charge is -2.09. The first-order valence-corrected chi connectivity index (χ1v) is 7.09. The van der Waals surface area contributed by atoms with Crippen molar-refractivity contribution < 1.29 is 14.5 Å². The van der Waals surface area contributed by atoms with Gasteiger partial charge in [-0.05, 0) is 45.7 Å². The number of nitrogens with zero attached hydrogens (tertiary/aromatic N) is 2. The van der Waals surface area contributed by atoms with Gasteiger partial charge < -0.3 is 20.2 Å². The lowest BCUT2D eigenvalue weighted by atomic mass is 10.0. The maximum Gasteiger partial charge on any atom is 0.406 e. The van der Waals surface area contributed by atoms with Crippen LogP contribution >= 0.6 is 0 Å². The molecule has 7 nitrogen and oxygen atoms in total. The Balaban J connectivity index is 1.94. The maximum absolute atomic E-state index is 11.9. The molecule has 1 N–H and O–H groups in total. The Hall–Kier alpha value is -2.96. The third-order valence-electron chi connectivity index (χ3n) is 3.14. The van der Waals surface area contributed by atoms with Crippen molar-refractivity contribution in [3.05, 3.63) is 58.3 Å². The van der Waals surface area contributed by atoms with Gasteiger partial charge in [0.15, 0.2) is 6.61 Å². The third kappa shape index (κ3) is 4.50. The molecule has 1 aromatic carbocycles. The predicted octanol–water partition coefficient (Wildman–Crippen LogP) is 3.13. The van der Waals surface area contributed by atoms with E-state index in [4.69, 9.17) is 4.74 Å². The molecule has 0 fully saturated rings. The van der Waals surface area contributed by atoms with Crippen LogP contribution < -0.4 is 10.1 Å². The summed E-state index contributed by atoms with van der Waals surface area (Å²) < 4.78 is 5.18. The number of amides is 1. The minimum absolute atomic E-state index is 0.0391. The van der Waals surface area contributed by atoms with Gasteiger partial charge in [0.2, 0.25) is 5.75 Å². The van der Waals surface area contributed by atoms with E-state index in [1.54, 1.807) is 12.1 Å². The molecule has 2 aromatic rings. The lowest BCUT2D eigenvalue weighted by Crippen LogP contribution is -2.20. The highest BCUT2D eigenvalue weighted by atomic mass is 16.6. The fourth-order valence-electron chi connectivity index (χ4n) is 1.92. The van der Waals surface area contributed by atoms with Crippen LogP contribution in [-0.2, 0) is 4.79 Å². The zero-order valence-corrected chi connectivity index (χ0v) is 12.9. The van der Waals surface area contributed by atoms with Gasteiger partial charge in [0.25, 0.3) is 5.91 Å². The molecule has 0 saturated heterocycles. The third-order valence-corrected chi connectivity index (χ3v) is 3.14. The lowest BCUT2D eigenvalue weighted by molar-refractivity contribution is -0.390. The van der Waals surface area contributed by atoms with E-state index in [-0.39, 0.29) is 12.4 Å². The van der Waals surface area contributed by atoms with Gasteiger partial charge in [0.05, 0.1) is 0 Å². The number of nitro groups is 1. The van der Waals surface area contributed by atoms with Crippen LogP contribution in [0.15, 0.2) is 42.6 Å². The second-order valence-corrected chi connectivity index (χ2v) is 5.20. The largest absolute Gasteiger partial charge is 0.476 e. The summed E-state index contributed by atoms with van der Waals surface area (Å²) in [5.74, 6) is -0.445. The van der Waals surface area contributed by atoms with E-state index >= 15 is 0 Å². The van der Waals surface area contributed by atoms with Crippen molar-refractivity contribution in [2.75, 3.05) is 11.9 Å². The summed E-state index contributed by atoms with van der Waals surface area (Å²) in [6.45, 7) is 3.84. The van der Waals surface area contributed by atoms with Gasteiger partial charge in [-0.3, -0.25) is 4.79 Å². The summed E-state index contributed by atoms with van der Waals surface area (Å²) in [5.41, 5.74) is 1.81. The zero-order valence-electron chi connectivity index (χ0n) is 12.9. The molecular weight excluding hydrogens is 298 g/mol. The molecule has 1 heterocycles. The molecule has 0 aliphatic carbocycles. The highest BCUT2D eigenvalue weighted by Gasteiger charge is 2.16. The summed E-state index contributed by atoms with van der Waals surface area (Å²) in [5, 5.41) is 13.5. The van der Waals surface area contributed by atoms with Crippen LogP contribution in [0.4, 0.5) is 11.5 Å². The fourth-order valence-corrected chi connectivity index (χ4v) is 1.92. The van der Waals surface area contributed by atoms with Crippen LogP contribution in [0.5, 0.6) is 5.75 Å². The standard InChI is InChI=1S/C16H17N3O4/c1-11(2)12-5-7-13(8-6-12)18-15(20)10-23-14-4-3-9-17-16(14)19(21)22/h3-9,11H,10H2,1-2H3,(H,18,20). The molecule has 0 aliphatic heterocycles. The first-order chi connectivity index (χ1) is 11.0. The van der Waals surface area contributed by atoms with Gasteiger partial charge in [0.1, 0.15) is 6.20 Å². The van der Waals surface area contributed by atoms with Crippen LogP contribution in [0.25, 0.3) is 0 Å². The Labute approximate surface area is 133 Å². The molecule has 0 unspecified atom stereocenters. The van der Waals surface area contributed by atoms with E-state index < -0.39 is 16.6 Å². The van der Waals surface area contributed by atoms with E-state index in [9.17, 15) is 14.9 Å². The van der Waals surface area contributed by atoms with Crippen molar-refractivity contribution in [2.24, 2.45) is 0 Å². The summed E-state index contributed by atoms with van der Waals surface area (Å²) in [6.07, 6.45) is 1.29. The van der Waals surface area contributed by atoms with Gasteiger partial charge in [-0.25, -0.2) is 0 Å². The molecule has 120 valence electrons. The Bertz CT molecular complexity index is 699.